The smallest absolute Gasteiger partial charge is 0.396 e. The Balaban J connectivity index is 4.05. The highest BCUT2D eigenvalue weighted by Gasteiger charge is 2.22. The molecule has 1 N–H and O–H groups in total. The fourth-order valence-corrected chi connectivity index (χ4v) is 0.561. The molecule has 0 heterocycles. The summed E-state index contributed by atoms with van der Waals surface area (Å²) in [4.78, 5) is 40.5. The Hall–Kier alpha value is -1.63. The Morgan fingerprint density at radius 1 is 1.21 bits per heavy atom. The molecule has 0 bridgehead atoms. The molecule has 0 aliphatic carbocycles. The third-order valence-corrected chi connectivity index (χ3v) is 1.24. The first-order valence-corrected chi connectivity index (χ1v) is 3.66. The lowest BCUT2D eigenvalue weighted by Crippen LogP contribution is -2.43. The van der Waals surface area contributed by atoms with Gasteiger partial charge in [0.05, 0.1) is 14.2 Å². The lowest BCUT2D eigenvalue weighted by Gasteiger charge is -2.09. The van der Waals surface area contributed by atoms with Gasteiger partial charge >= 0.3 is 17.8 Å². The standard InChI is InChI=1S/C7H11NO6/c1-4(6(10)14-13-3)8-5(9)7(11)12-2/h4H,1-3H3,(H,8,9). The van der Waals surface area contributed by atoms with Gasteiger partial charge in [0.2, 0.25) is 0 Å². The zero-order valence-corrected chi connectivity index (χ0v) is 8.03. The summed E-state index contributed by atoms with van der Waals surface area (Å²) < 4.78 is 4.12. The molecule has 0 aromatic carbocycles. The second-order valence-electron chi connectivity index (χ2n) is 2.26. The van der Waals surface area contributed by atoms with Gasteiger partial charge in [-0.2, -0.15) is 4.89 Å². The molecular formula is C7H11NO6. The topological polar surface area (TPSA) is 90.9 Å². The van der Waals surface area contributed by atoms with Gasteiger partial charge in [0, 0.05) is 0 Å². The van der Waals surface area contributed by atoms with Crippen molar-refractivity contribution in [1.82, 2.24) is 5.32 Å². The van der Waals surface area contributed by atoms with Crippen molar-refractivity contribution in [2.75, 3.05) is 14.2 Å². The average Bonchev–Trinajstić information content (AvgIpc) is 2.16. The molecule has 0 aromatic heterocycles. The molecule has 0 spiro atoms. The summed E-state index contributed by atoms with van der Waals surface area (Å²) in [6, 6.07) is -0.985. The molecule has 80 valence electrons. The molecule has 0 aromatic rings. The predicted molar refractivity (Wildman–Crippen MR) is 42.7 cm³/mol. The molecule has 1 amide bonds. The third kappa shape index (κ3) is 3.85. The third-order valence-electron chi connectivity index (χ3n) is 1.24. The Kier molecular flexibility index (Phi) is 5.23. The zero-order chi connectivity index (χ0) is 11.1. The molecule has 7 heteroatoms. The van der Waals surface area contributed by atoms with Crippen molar-refractivity contribution in [3.8, 4) is 0 Å². The Labute approximate surface area is 80.2 Å². The van der Waals surface area contributed by atoms with E-state index >= 15 is 0 Å². The van der Waals surface area contributed by atoms with Crippen molar-refractivity contribution in [3.63, 3.8) is 0 Å². The quantitative estimate of drug-likeness (QED) is 0.268. The van der Waals surface area contributed by atoms with E-state index in [0.29, 0.717) is 0 Å². The van der Waals surface area contributed by atoms with Gasteiger partial charge in [0.25, 0.3) is 0 Å². The first-order chi connectivity index (χ1) is 6.52. The van der Waals surface area contributed by atoms with Crippen LogP contribution in [0.1, 0.15) is 6.92 Å². The van der Waals surface area contributed by atoms with Gasteiger partial charge in [-0.25, -0.2) is 9.59 Å². The van der Waals surface area contributed by atoms with Gasteiger partial charge < -0.3 is 10.1 Å². The number of amides is 1. The van der Waals surface area contributed by atoms with Crippen molar-refractivity contribution >= 4 is 17.8 Å². The van der Waals surface area contributed by atoms with Crippen molar-refractivity contribution in [2.24, 2.45) is 0 Å². The number of carbonyl (C=O) groups is 3. The number of esters is 1. The molecule has 0 saturated carbocycles. The molecule has 1 atom stereocenters. The largest absolute Gasteiger partial charge is 0.462 e. The average molecular weight is 205 g/mol. The fraction of sp³-hybridized carbons (Fsp3) is 0.571. The molecule has 0 fully saturated rings. The van der Waals surface area contributed by atoms with E-state index in [2.05, 4.69) is 14.5 Å². The molecule has 0 rings (SSSR count). The summed E-state index contributed by atoms with van der Waals surface area (Å²) >= 11 is 0. The minimum atomic E-state index is -1.08. The van der Waals surface area contributed by atoms with Crippen LogP contribution >= 0.6 is 0 Å². The lowest BCUT2D eigenvalue weighted by atomic mass is 10.3. The maximum absolute atomic E-state index is 10.9. The number of hydrogen-bond donors (Lipinski definition) is 1. The van der Waals surface area contributed by atoms with Crippen LogP contribution in [-0.4, -0.2) is 38.1 Å². The van der Waals surface area contributed by atoms with Crippen LogP contribution in [0.4, 0.5) is 0 Å². The number of methoxy groups -OCH3 is 1. The highest BCUT2D eigenvalue weighted by atomic mass is 17.2. The van der Waals surface area contributed by atoms with Crippen LogP contribution in [0.3, 0.4) is 0 Å². The van der Waals surface area contributed by atoms with E-state index in [0.717, 1.165) is 14.2 Å². The summed E-state index contributed by atoms with van der Waals surface area (Å²) in [5.41, 5.74) is 0. The highest BCUT2D eigenvalue weighted by Crippen LogP contribution is 1.88. The van der Waals surface area contributed by atoms with Crippen molar-refractivity contribution in [1.29, 1.82) is 0 Å². The van der Waals surface area contributed by atoms with Gasteiger partial charge in [-0.15, -0.1) is 0 Å². The van der Waals surface area contributed by atoms with Gasteiger partial charge in [-0.1, -0.05) is 0 Å². The summed E-state index contributed by atoms with van der Waals surface area (Å²) in [6.45, 7) is 1.34. The summed E-state index contributed by atoms with van der Waals surface area (Å²) in [5, 5.41) is 2.05. The first kappa shape index (κ1) is 12.4. The zero-order valence-electron chi connectivity index (χ0n) is 8.03. The molecule has 0 aliphatic rings. The van der Waals surface area contributed by atoms with E-state index in [4.69, 9.17) is 0 Å². The Morgan fingerprint density at radius 3 is 2.21 bits per heavy atom. The summed E-state index contributed by atoms with van der Waals surface area (Å²) in [5.74, 6) is -2.92. The van der Waals surface area contributed by atoms with E-state index in [1.54, 1.807) is 0 Å². The predicted octanol–water partition coefficient (Wildman–Crippen LogP) is -1.23. The minimum Gasteiger partial charge on any atom is -0.462 e. The number of ether oxygens (including phenoxy) is 1. The summed E-state index contributed by atoms with van der Waals surface area (Å²) in [6.07, 6.45) is 0. The number of rotatable bonds is 3. The minimum absolute atomic E-state index is 0.815. The fourth-order valence-electron chi connectivity index (χ4n) is 0.561. The van der Waals surface area contributed by atoms with Crippen LogP contribution < -0.4 is 5.32 Å². The molecule has 0 radical (unpaired) electrons. The SMILES string of the molecule is COOC(=O)C(C)NC(=O)C(=O)OC. The monoisotopic (exact) mass is 205 g/mol. The number of nitrogens with one attached hydrogen (secondary N) is 1. The summed E-state index contributed by atoms with van der Waals surface area (Å²) in [7, 11) is 2.20. The second-order valence-corrected chi connectivity index (χ2v) is 2.26. The van der Waals surface area contributed by atoms with Crippen LogP contribution in [0.15, 0.2) is 0 Å². The Morgan fingerprint density at radius 2 is 1.79 bits per heavy atom. The van der Waals surface area contributed by atoms with Crippen LogP contribution in [-0.2, 0) is 28.9 Å². The van der Waals surface area contributed by atoms with E-state index in [1.807, 2.05) is 5.32 Å². The van der Waals surface area contributed by atoms with Gasteiger partial charge in [0.15, 0.2) is 0 Å². The normalized spacial score (nSPS) is 11.4. The van der Waals surface area contributed by atoms with Crippen LogP contribution in [0.5, 0.6) is 0 Å². The molecular weight excluding hydrogens is 194 g/mol. The maximum atomic E-state index is 10.9. The molecule has 14 heavy (non-hydrogen) atoms. The van der Waals surface area contributed by atoms with Crippen LogP contribution in [0.25, 0.3) is 0 Å². The van der Waals surface area contributed by atoms with Crippen LogP contribution in [0, 0.1) is 0 Å². The molecule has 0 saturated heterocycles. The van der Waals surface area contributed by atoms with E-state index < -0.39 is 23.9 Å². The van der Waals surface area contributed by atoms with E-state index in [9.17, 15) is 14.4 Å². The molecule has 0 aliphatic heterocycles. The highest BCUT2D eigenvalue weighted by molar-refractivity contribution is 6.32. The molecule has 1 unspecified atom stereocenters. The van der Waals surface area contributed by atoms with Crippen molar-refractivity contribution in [2.45, 2.75) is 13.0 Å². The van der Waals surface area contributed by atoms with Gasteiger partial charge in [-0.05, 0) is 6.92 Å². The van der Waals surface area contributed by atoms with E-state index in [1.165, 1.54) is 6.92 Å². The van der Waals surface area contributed by atoms with Gasteiger partial charge in [-0.3, -0.25) is 9.68 Å². The first-order valence-electron chi connectivity index (χ1n) is 3.66. The lowest BCUT2D eigenvalue weighted by molar-refractivity contribution is -0.256. The van der Waals surface area contributed by atoms with Crippen molar-refractivity contribution < 1.29 is 28.9 Å². The Bertz CT molecular complexity index is 238. The molecule has 7 nitrogen and oxygen atoms in total. The number of carbonyl (C=O) groups excluding carboxylic acids is 3. The maximum Gasteiger partial charge on any atom is 0.396 e. The van der Waals surface area contributed by atoms with Crippen molar-refractivity contribution in [3.05, 3.63) is 0 Å². The number of hydrogen-bond acceptors (Lipinski definition) is 6. The van der Waals surface area contributed by atoms with Crippen LogP contribution in [0.2, 0.25) is 0 Å². The van der Waals surface area contributed by atoms with Gasteiger partial charge in [0.1, 0.15) is 6.04 Å². The second kappa shape index (κ2) is 5.92. The van der Waals surface area contributed by atoms with E-state index in [-0.39, 0.29) is 0 Å².